The van der Waals surface area contributed by atoms with Crippen molar-refractivity contribution in [2.24, 2.45) is 0 Å². The lowest BCUT2D eigenvalue weighted by atomic mass is 10.2. The fraction of sp³-hybridized carbons (Fsp3) is 0.150. The van der Waals surface area contributed by atoms with Crippen LogP contribution in [0.1, 0.15) is 16.0 Å². The third kappa shape index (κ3) is 3.07. The van der Waals surface area contributed by atoms with Gasteiger partial charge in [-0.15, -0.1) is 22.7 Å². The first-order chi connectivity index (χ1) is 11.7. The molecule has 2 nitrogen and oxygen atoms in total. The summed E-state index contributed by atoms with van der Waals surface area (Å²) in [6.45, 7) is 5.16. The first-order valence-corrected chi connectivity index (χ1v) is 9.63. The Labute approximate surface area is 149 Å². The highest BCUT2D eigenvalue weighted by Crippen LogP contribution is 2.31. The second kappa shape index (κ2) is 6.38. The molecule has 0 saturated carbocycles. The Hall–Kier alpha value is -2.17. The topological polar surface area (TPSA) is 24.9 Å². The zero-order valence-electron chi connectivity index (χ0n) is 13.7. The second-order valence-corrected chi connectivity index (χ2v) is 7.98. The summed E-state index contributed by atoms with van der Waals surface area (Å²) in [5.41, 5.74) is 6.03. The molecule has 1 N–H and O–H groups in total. The smallest absolute Gasteiger partial charge is 0.124 e. The van der Waals surface area contributed by atoms with Crippen LogP contribution in [0.25, 0.3) is 20.8 Å². The molecule has 120 valence electrons. The van der Waals surface area contributed by atoms with Gasteiger partial charge in [-0.1, -0.05) is 6.07 Å². The molecule has 2 aromatic heterocycles. The molecule has 0 fully saturated rings. The van der Waals surface area contributed by atoms with Crippen molar-refractivity contribution in [2.75, 3.05) is 5.32 Å². The Balaban J connectivity index is 1.53. The van der Waals surface area contributed by atoms with Crippen LogP contribution in [0.2, 0.25) is 0 Å². The van der Waals surface area contributed by atoms with Crippen LogP contribution >= 0.6 is 22.7 Å². The molecular formula is C20H18N2S2. The number of aromatic nitrogens is 1. The van der Waals surface area contributed by atoms with Gasteiger partial charge >= 0.3 is 0 Å². The van der Waals surface area contributed by atoms with Crippen LogP contribution in [0, 0.1) is 13.8 Å². The molecule has 0 bridgehead atoms. The Bertz CT molecular complexity index is 980. The minimum atomic E-state index is 0.878. The number of hydrogen-bond donors (Lipinski definition) is 1. The van der Waals surface area contributed by atoms with Crippen molar-refractivity contribution in [3.8, 4) is 10.6 Å². The quantitative estimate of drug-likeness (QED) is 0.470. The maximum absolute atomic E-state index is 4.75. The van der Waals surface area contributed by atoms with E-state index in [0.717, 1.165) is 22.8 Å². The largest absolute Gasteiger partial charge is 0.380 e. The predicted octanol–water partition coefficient (Wildman–Crippen LogP) is 6.25. The maximum atomic E-state index is 4.75. The third-order valence-corrected chi connectivity index (χ3v) is 6.19. The second-order valence-electron chi connectivity index (χ2n) is 5.95. The SMILES string of the molecule is Cc1ccc2nc(-c3ccc(NCc4sccc4C)cc3)sc2c1. The number of thiophene rings is 1. The lowest BCUT2D eigenvalue weighted by Crippen LogP contribution is -1.98. The van der Waals surface area contributed by atoms with Crippen LogP contribution in [-0.4, -0.2) is 4.98 Å². The summed E-state index contributed by atoms with van der Waals surface area (Å²) in [4.78, 5) is 6.14. The van der Waals surface area contributed by atoms with Gasteiger partial charge in [-0.2, -0.15) is 0 Å². The van der Waals surface area contributed by atoms with Gasteiger partial charge in [0.1, 0.15) is 5.01 Å². The van der Waals surface area contributed by atoms with Crippen LogP contribution < -0.4 is 5.32 Å². The van der Waals surface area contributed by atoms with Crippen LogP contribution in [-0.2, 0) is 6.54 Å². The minimum Gasteiger partial charge on any atom is -0.380 e. The maximum Gasteiger partial charge on any atom is 0.124 e. The summed E-state index contributed by atoms with van der Waals surface area (Å²) in [5, 5.41) is 6.72. The lowest BCUT2D eigenvalue weighted by Gasteiger charge is -2.06. The Morgan fingerprint density at radius 3 is 2.58 bits per heavy atom. The van der Waals surface area contributed by atoms with Gasteiger partial charge in [-0.25, -0.2) is 4.98 Å². The van der Waals surface area contributed by atoms with E-state index < -0.39 is 0 Å². The highest BCUT2D eigenvalue weighted by atomic mass is 32.1. The molecule has 0 unspecified atom stereocenters. The molecule has 0 aliphatic carbocycles. The average Bonchev–Trinajstić information content (AvgIpc) is 3.19. The van der Waals surface area contributed by atoms with Gasteiger partial charge in [0.25, 0.3) is 0 Å². The Morgan fingerprint density at radius 2 is 1.83 bits per heavy atom. The van der Waals surface area contributed by atoms with E-state index in [-0.39, 0.29) is 0 Å². The van der Waals surface area contributed by atoms with Crippen LogP contribution in [0.3, 0.4) is 0 Å². The summed E-state index contributed by atoms with van der Waals surface area (Å²) >= 11 is 3.56. The first-order valence-electron chi connectivity index (χ1n) is 7.93. The Morgan fingerprint density at radius 1 is 1.00 bits per heavy atom. The van der Waals surface area contributed by atoms with Crippen LogP contribution in [0.5, 0.6) is 0 Å². The van der Waals surface area contributed by atoms with Gasteiger partial charge < -0.3 is 5.32 Å². The summed E-state index contributed by atoms with van der Waals surface area (Å²) in [5.74, 6) is 0. The van der Waals surface area contributed by atoms with Crippen molar-refractivity contribution in [3.05, 3.63) is 69.9 Å². The van der Waals surface area contributed by atoms with E-state index >= 15 is 0 Å². The summed E-state index contributed by atoms with van der Waals surface area (Å²) in [7, 11) is 0. The average molecular weight is 351 g/mol. The molecule has 0 atom stereocenters. The zero-order valence-corrected chi connectivity index (χ0v) is 15.3. The highest BCUT2D eigenvalue weighted by molar-refractivity contribution is 7.21. The molecular weight excluding hydrogens is 332 g/mol. The third-order valence-electron chi connectivity index (χ3n) is 4.10. The van der Waals surface area contributed by atoms with Crippen LogP contribution in [0.4, 0.5) is 5.69 Å². The fourth-order valence-corrected chi connectivity index (χ4v) is 4.57. The van der Waals surface area contributed by atoms with Gasteiger partial charge in [0, 0.05) is 22.7 Å². The van der Waals surface area contributed by atoms with Crippen LogP contribution in [0.15, 0.2) is 53.9 Å². The lowest BCUT2D eigenvalue weighted by molar-refractivity contribution is 1.17. The fourth-order valence-electron chi connectivity index (χ4n) is 2.65. The van der Waals surface area contributed by atoms with E-state index in [0.29, 0.717) is 0 Å². The number of rotatable bonds is 4. The van der Waals surface area contributed by atoms with E-state index in [4.69, 9.17) is 4.98 Å². The van der Waals surface area contributed by atoms with Crippen molar-refractivity contribution in [2.45, 2.75) is 20.4 Å². The van der Waals surface area contributed by atoms with E-state index in [1.807, 2.05) is 0 Å². The van der Waals surface area contributed by atoms with Crippen molar-refractivity contribution in [1.82, 2.24) is 4.98 Å². The molecule has 24 heavy (non-hydrogen) atoms. The van der Waals surface area contributed by atoms with Crippen molar-refractivity contribution < 1.29 is 0 Å². The van der Waals surface area contributed by atoms with Gasteiger partial charge in [-0.3, -0.25) is 0 Å². The number of fused-ring (bicyclic) bond motifs is 1. The van der Waals surface area contributed by atoms with Crippen molar-refractivity contribution in [3.63, 3.8) is 0 Å². The summed E-state index contributed by atoms with van der Waals surface area (Å²) < 4.78 is 1.25. The molecule has 0 radical (unpaired) electrons. The standard InChI is InChI=1S/C20H18N2S2/c1-13-3-8-17-18(11-13)24-20(22-17)15-4-6-16(7-5-15)21-12-19-14(2)9-10-23-19/h3-11,21H,12H2,1-2H3. The summed E-state index contributed by atoms with van der Waals surface area (Å²) in [6.07, 6.45) is 0. The van der Waals surface area contributed by atoms with E-state index in [2.05, 4.69) is 73.1 Å². The normalized spacial score (nSPS) is 11.1. The Kier molecular flexibility index (Phi) is 4.08. The number of aryl methyl sites for hydroxylation is 2. The predicted molar refractivity (Wildman–Crippen MR) is 106 cm³/mol. The van der Waals surface area contributed by atoms with Gasteiger partial charge in [-0.05, 0) is 72.8 Å². The number of thiazole rings is 1. The zero-order chi connectivity index (χ0) is 16.5. The first kappa shape index (κ1) is 15.4. The number of hydrogen-bond acceptors (Lipinski definition) is 4. The van der Waals surface area contributed by atoms with Gasteiger partial charge in [0.15, 0.2) is 0 Å². The van der Waals surface area contributed by atoms with E-state index in [1.165, 1.54) is 26.3 Å². The molecule has 4 aromatic rings. The number of anilines is 1. The monoisotopic (exact) mass is 350 g/mol. The molecule has 0 saturated heterocycles. The molecule has 0 aliphatic rings. The molecule has 0 aliphatic heterocycles. The highest BCUT2D eigenvalue weighted by Gasteiger charge is 2.07. The van der Waals surface area contributed by atoms with E-state index in [9.17, 15) is 0 Å². The molecule has 4 rings (SSSR count). The molecule has 2 heterocycles. The molecule has 0 amide bonds. The number of benzene rings is 2. The molecule has 4 heteroatoms. The van der Waals surface area contributed by atoms with Gasteiger partial charge in [0.2, 0.25) is 0 Å². The van der Waals surface area contributed by atoms with Crippen molar-refractivity contribution in [1.29, 1.82) is 0 Å². The minimum absolute atomic E-state index is 0.878. The van der Waals surface area contributed by atoms with Crippen molar-refractivity contribution >= 4 is 38.6 Å². The van der Waals surface area contributed by atoms with Gasteiger partial charge in [0.05, 0.1) is 10.2 Å². The molecule has 2 aromatic carbocycles. The number of nitrogens with one attached hydrogen (secondary N) is 1. The van der Waals surface area contributed by atoms with E-state index in [1.54, 1.807) is 22.7 Å². The number of nitrogens with zero attached hydrogens (tertiary/aromatic N) is 1. The molecule has 0 spiro atoms. The summed E-state index contributed by atoms with van der Waals surface area (Å²) in [6, 6.07) is 17.2.